The van der Waals surface area contributed by atoms with Gasteiger partial charge in [0.15, 0.2) is 0 Å². The number of nitrogens with zero attached hydrogens (tertiary/aromatic N) is 2. The maximum absolute atomic E-state index is 11.2. The monoisotopic (exact) mass is 273 g/mol. The number of allylic oxidation sites excluding steroid dienone is 1. The molecule has 1 aliphatic rings. The molecule has 0 N–H and O–H groups in total. The van der Waals surface area contributed by atoms with E-state index >= 15 is 0 Å². The predicted molar refractivity (Wildman–Crippen MR) is 48.2 cm³/mol. The second-order valence-corrected chi connectivity index (χ2v) is 2.73. The van der Waals surface area contributed by atoms with Crippen LogP contribution in [0.3, 0.4) is 0 Å². The molecular weight excluding hydrogens is 267 g/mol. The number of rotatable bonds is 0. The first-order chi connectivity index (χ1) is 6.33. The Bertz CT molecular complexity index is 459. The van der Waals surface area contributed by atoms with Gasteiger partial charge in [-0.25, -0.2) is 0 Å². The number of fused-ring (bicyclic) bond motifs is 1. The first-order valence-corrected chi connectivity index (χ1v) is 3.87. The van der Waals surface area contributed by atoms with Crippen molar-refractivity contribution in [2.45, 2.75) is 0 Å². The fourth-order valence-electron chi connectivity index (χ4n) is 1.34. The third-order valence-corrected chi connectivity index (χ3v) is 1.96. The molecule has 1 aliphatic carbocycles. The maximum Gasteiger partial charge on any atom is 0.369 e. The molecule has 0 unspecified atom stereocenters. The van der Waals surface area contributed by atoms with Crippen molar-refractivity contribution in [2.75, 3.05) is 0 Å². The molecule has 0 saturated heterocycles. The van der Waals surface area contributed by atoms with Crippen LogP contribution >= 0.6 is 0 Å². The molecule has 0 atom stereocenters. The molecule has 1 aromatic carbocycles. The summed E-state index contributed by atoms with van der Waals surface area (Å²) in [4.78, 5) is 14.2. The molecule has 4 heteroatoms. The first kappa shape index (κ1) is 10.7. The van der Waals surface area contributed by atoms with Crippen LogP contribution in [0.2, 0.25) is 0 Å². The van der Waals surface area contributed by atoms with Gasteiger partial charge < -0.3 is 5.53 Å². The number of carbonyl (C=O) groups is 1. The Morgan fingerprint density at radius 1 is 1.14 bits per heavy atom. The van der Waals surface area contributed by atoms with Crippen LogP contribution in [-0.2, 0) is 24.3 Å². The van der Waals surface area contributed by atoms with Crippen LogP contribution in [0.5, 0.6) is 0 Å². The molecular formula is C10H6N2ORh. The van der Waals surface area contributed by atoms with E-state index < -0.39 is 0 Å². The molecule has 0 spiro atoms. The second kappa shape index (κ2) is 4.23. The molecule has 3 nitrogen and oxygen atoms in total. The molecule has 1 radical (unpaired) electrons. The van der Waals surface area contributed by atoms with Crippen molar-refractivity contribution in [2.24, 2.45) is 0 Å². The van der Waals surface area contributed by atoms with Crippen LogP contribution < -0.4 is 0 Å². The van der Waals surface area contributed by atoms with E-state index in [1.807, 2.05) is 12.1 Å². The van der Waals surface area contributed by atoms with E-state index in [2.05, 4.69) is 4.79 Å². The van der Waals surface area contributed by atoms with Gasteiger partial charge in [-0.2, -0.15) is 4.79 Å². The number of hydrogen-bond donors (Lipinski definition) is 0. The van der Waals surface area contributed by atoms with E-state index in [4.69, 9.17) is 5.53 Å². The van der Waals surface area contributed by atoms with E-state index in [1.54, 1.807) is 18.2 Å². The van der Waals surface area contributed by atoms with Crippen LogP contribution in [0.1, 0.15) is 11.1 Å². The van der Waals surface area contributed by atoms with Crippen molar-refractivity contribution in [3.63, 3.8) is 0 Å². The number of hydrogen-bond acceptors (Lipinski definition) is 1. The average molecular weight is 273 g/mol. The normalized spacial score (nSPS) is 12.9. The maximum atomic E-state index is 11.2. The Balaban J connectivity index is 0.000000980. The molecule has 0 heterocycles. The first-order valence-electron chi connectivity index (χ1n) is 3.87. The van der Waals surface area contributed by atoms with Gasteiger partial charge in [0.05, 0.1) is 5.56 Å². The minimum absolute atomic E-state index is 0. The van der Waals surface area contributed by atoms with Crippen LogP contribution in [0.4, 0.5) is 0 Å². The number of benzene rings is 1. The zero-order chi connectivity index (χ0) is 9.26. The molecule has 1 aromatic rings. The van der Waals surface area contributed by atoms with Gasteiger partial charge in [-0.05, 0) is 23.8 Å². The van der Waals surface area contributed by atoms with Crippen LogP contribution in [0, 0.1) is 0 Å². The van der Waals surface area contributed by atoms with Crippen molar-refractivity contribution in [1.82, 2.24) is 0 Å². The molecule has 2 rings (SSSR count). The summed E-state index contributed by atoms with van der Waals surface area (Å²) in [6, 6.07) is 7.29. The van der Waals surface area contributed by atoms with Crippen molar-refractivity contribution in [3.05, 3.63) is 47.0 Å². The summed E-state index contributed by atoms with van der Waals surface area (Å²) in [6.45, 7) is 0. The van der Waals surface area contributed by atoms with Crippen LogP contribution in [0.15, 0.2) is 30.3 Å². The van der Waals surface area contributed by atoms with Crippen molar-refractivity contribution in [1.29, 1.82) is 0 Å². The minimum Gasteiger partial charge on any atom is -0.361 e. The molecule has 0 aromatic heterocycles. The fraction of sp³-hybridized carbons (Fsp3) is 0. The van der Waals surface area contributed by atoms with E-state index in [1.165, 1.54) is 6.08 Å². The topological polar surface area (TPSA) is 53.5 Å². The van der Waals surface area contributed by atoms with Gasteiger partial charge in [-0.3, -0.25) is 4.79 Å². The Morgan fingerprint density at radius 2 is 1.86 bits per heavy atom. The smallest absolute Gasteiger partial charge is 0.361 e. The standard InChI is InChI=1S/C10H6N2O.Rh/c11-12-10-8-4-2-1-3-7(8)5-6-9(10)13;/h1-6H;. The third kappa shape index (κ3) is 1.63. The average Bonchev–Trinajstić information content (AvgIpc) is 2.18. The molecule has 0 saturated carbocycles. The third-order valence-electron chi connectivity index (χ3n) is 1.96. The summed E-state index contributed by atoms with van der Waals surface area (Å²) in [7, 11) is 0. The van der Waals surface area contributed by atoms with Crippen molar-refractivity contribution >= 4 is 17.6 Å². The summed E-state index contributed by atoms with van der Waals surface area (Å²) in [6.07, 6.45) is 3.11. The van der Waals surface area contributed by atoms with Gasteiger partial charge in [0.2, 0.25) is 0 Å². The Morgan fingerprint density at radius 3 is 2.57 bits per heavy atom. The zero-order valence-corrected chi connectivity index (χ0v) is 8.74. The van der Waals surface area contributed by atoms with Crippen molar-refractivity contribution < 1.29 is 29.1 Å². The predicted octanol–water partition coefficient (Wildman–Crippen LogP) is 1.30. The Hall–Kier alpha value is -1.37. The quantitative estimate of drug-likeness (QED) is 0.399. The molecule has 0 bridgehead atoms. The van der Waals surface area contributed by atoms with Crippen LogP contribution in [0.25, 0.3) is 11.6 Å². The fourth-order valence-corrected chi connectivity index (χ4v) is 1.34. The van der Waals surface area contributed by atoms with Crippen LogP contribution in [-0.4, -0.2) is 16.3 Å². The number of ketones is 1. The summed E-state index contributed by atoms with van der Waals surface area (Å²) in [5.41, 5.74) is 10.3. The molecule has 0 amide bonds. The van der Waals surface area contributed by atoms with Gasteiger partial charge in [0.1, 0.15) is 0 Å². The van der Waals surface area contributed by atoms with Crippen molar-refractivity contribution in [3.8, 4) is 0 Å². The molecule has 0 fully saturated rings. The Kier molecular flexibility index (Phi) is 3.24. The summed E-state index contributed by atoms with van der Waals surface area (Å²) in [5.74, 6) is -0.263. The summed E-state index contributed by atoms with van der Waals surface area (Å²) >= 11 is 0. The van der Waals surface area contributed by atoms with Gasteiger partial charge in [-0.1, -0.05) is 18.2 Å². The van der Waals surface area contributed by atoms with E-state index in [9.17, 15) is 4.79 Å². The molecule has 0 aliphatic heterocycles. The summed E-state index contributed by atoms with van der Waals surface area (Å²) in [5, 5.41) is 0. The Labute approximate surface area is 93.8 Å². The summed E-state index contributed by atoms with van der Waals surface area (Å²) < 4.78 is 0. The van der Waals surface area contributed by atoms with Gasteiger partial charge in [0.25, 0.3) is 5.78 Å². The van der Waals surface area contributed by atoms with Gasteiger partial charge in [0, 0.05) is 19.5 Å². The van der Waals surface area contributed by atoms with Gasteiger partial charge >= 0.3 is 5.71 Å². The van der Waals surface area contributed by atoms with E-state index in [0.29, 0.717) is 5.56 Å². The van der Waals surface area contributed by atoms with E-state index in [0.717, 1.165) is 5.56 Å². The molecule has 14 heavy (non-hydrogen) atoms. The largest absolute Gasteiger partial charge is 0.369 e. The minimum atomic E-state index is -0.263. The number of carbonyl (C=O) groups excluding carboxylic acids is 1. The molecule has 71 valence electrons. The van der Waals surface area contributed by atoms with E-state index in [-0.39, 0.29) is 31.0 Å². The zero-order valence-electron chi connectivity index (χ0n) is 7.10. The SMILES string of the molecule is [N-]=[N+]=C1C(=O)C=Cc2ccccc21.[Rh]. The second-order valence-electron chi connectivity index (χ2n) is 2.73. The van der Waals surface area contributed by atoms with Gasteiger partial charge in [-0.15, -0.1) is 0 Å².